The fourth-order valence-electron chi connectivity index (χ4n) is 2.13. The first-order chi connectivity index (χ1) is 11.1. The SMILES string of the molecule is Cc1occc1-c1nnc(SCc2ccccc2[N+](=O)[O-])n1N. The van der Waals surface area contributed by atoms with Crippen LogP contribution in [0, 0.1) is 17.0 Å². The summed E-state index contributed by atoms with van der Waals surface area (Å²) in [6, 6.07) is 8.35. The molecular weight excluding hydrogens is 318 g/mol. The van der Waals surface area contributed by atoms with Crippen LogP contribution in [-0.2, 0) is 5.75 Å². The lowest BCUT2D eigenvalue weighted by atomic mass is 10.2. The smallest absolute Gasteiger partial charge is 0.273 e. The molecule has 1 aromatic carbocycles. The van der Waals surface area contributed by atoms with E-state index in [-0.39, 0.29) is 5.69 Å². The van der Waals surface area contributed by atoms with Crippen molar-refractivity contribution in [2.45, 2.75) is 17.8 Å². The van der Waals surface area contributed by atoms with Crippen molar-refractivity contribution < 1.29 is 9.34 Å². The number of nitrogens with two attached hydrogens (primary N) is 1. The third kappa shape index (κ3) is 2.90. The maximum Gasteiger partial charge on any atom is 0.273 e. The Morgan fingerprint density at radius 2 is 2.13 bits per heavy atom. The zero-order valence-corrected chi connectivity index (χ0v) is 13.0. The average molecular weight is 331 g/mol. The van der Waals surface area contributed by atoms with Crippen LogP contribution < -0.4 is 5.84 Å². The summed E-state index contributed by atoms with van der Waals surface area (Å²) in [6.45, 7) is 1.81. The van der Waals surface area contributed by atoms with Gasteiger partial charge in [0, 0.05) is 17.4 Å². The van der Waals surface area contributed by atoms with Gasteiger partial charge in [0.05, 0.1) is 16.7 Å². The molecule has 8 nitrogen and oxygen atoms in total. The first kappa shape index (κ1) is 15.1. The standard InChI is InChI=1S/C14H13N5O3S/c1-9-11(6-7-22-9)13-16-17-14(18(13)15)23-8-10-4-2-3-5-12(10)19(20)21/h2-7H,8,15H2,1H3. The number of hydrogen-bond acceptors (Lipinski definition) is 7. The number of para-hydroxylation sites is 1. The van der Waals surface area contributed by atoms with Crippen LogP contribution in [0.5, 0.6) is 0 Å². The predicted octanol–water partition coefficient (Wildman–Crippen LogP) is 2.76. The molecule has 0 saturated heterocycles. The van der Waals surface area contributed by atoms with Crippen molar-refractivity contribution in [2.24, 2.45) is 0 Å². The lowest BCUT2D eigenvalue weighted by Crippen LogP contribution is -2.11. The topological polar surface area (TPSA) is 113 Å². The monoisotopic (exact) mass is 331 g/mol. The number of aryl methyl sites for hydroxylation is 1. The van der Waals surface area contributed by atoms with E-state index in [4.69, 9.17) is 10.3 Å². The Labute approximate surface area is 135 Å². The molecule has 23 heavy (non-hydrogen) atoms. The number of hydrogen-bond donors (Lipinski definition) is 1. The molecule has 118 valence electrons. The van der Waals surface area contributed by atoms with E-state index >= 15 is 0 Å². The molecule has 9 heteroatoms. The van der Waals surface area contributed by atoms with Gasteiger partial charge in [0.1, 0.15) is 5.76 Å². The number of nitrogen functional groups attached to an aromatic ring is 1. The van der Waals surface area contributed by atoms with E-state index in [1.165, 1.54) is 22.5 Å². The quantitative estimate of drug-likeness (QED) is 0.331. The number of rotatable bonds is 5. The van der Waals surface area contributed by atoms with E-state index in [1.807, 2.05) is 6.92 Å². The molecule has 2 aromatic heterocycles. The molecule has 0 amide bonds. The first-order valence-corrected chi connectivity index (χ1v) is 7.66. The second-order valence-corrected chi connectivity index (χ2v) is 5.68. The Bertz CT molecular complexity index is 858. The van der Waals surface area contributed by atoms with Crippen LogP contribution in [0.4, 0.5) is 5.69 Å². The fraction of sp³-hybridized carbons (Fsp3) is 0.143. The number of nitro groups is 1. The van der Waals surface area contributed by atoms with Gasteiger partial charge in [0.25, 0.3) is 5.69 Å². The number of thioether (sulfide) groups is 1. The Kier molecular flexibility index (Phi) is 4.02. The summed E-state index contributed by atoms with van der Waals surface area (Å²) < 4.78 is 6.59. The summed E-state index contributed by atoms with van der Waals surface area (Å²) in [5, 5.41) is 19.6. The Hall–Kier alpha value is -2.81. The Morgan fingerprint density at radius 3 is 2.83 bits per heavy atom. The van der Waals surface area contributed by atoms with Crippen molar-refractivity contribution in [3.05, 3.63) is 58.0 Å². The van der Waals surface area contributed by atoms with Crippen LogP contribution >= 0.6 is 11.8 Å². The van der Waals surface area contributed by atoms with Crippen molar-refractivity contribution in [3.8, 4) is 11.4 Å². The normalized spacial score (nSPS) is 10.8. The van der Waals surface area contributed by atoms with Gasteiger partial charge < -0.3 is 10.3 Å². The highest BCUT2D eigenvalue weighted by Crippen LogP contribution is 2.29. The molecule has 0 unspecified atom stereocenters. The summed E-state index contributed by atoms with van der Waals surface area (Å²) in [6.07, 6.45) is 1.56. The molecule has 0 fully saturated rings. The van der Waals surface area contributed by atoms with Crippen LogP contribution in [0.25, 0.3) is 11.4 Å². The van der Waals surface area contributed by atoms with Crippen LogP contribution in [-0.4, -0.2) is 19.8 Å². The van der Waals surface area contributed by atoms with E-state index in [0.717, 1.165) is 5.56 Å². The van der Waals surface area contributed by atoms with Crippen LogP contribution in [0.15, 0.2) is 46.2 Å². The van der Waals surface area contributed by atoms with Gasteiger partial charge >= 0.3 is 0 Å². The van der Waals surface area contributed by atoms with Crippen LogP contribution in [0.1, 0.15) is 11.3 Å². The first-order valence-electron chi connectivity index (χ1n) is 6.68. The number of nitro benzene ring substituents is 1. The summed E-state index contributed by atoms with van der Waals surface area (Å²) in [4.78, 5) is 10.6. The molecule has 0 radical (unpaired) electrons. The summed E-state index contributed by atoms with van der Waals surface area (Å²) >= 11 is 1.28. The summed E-state index contributed by atoms with van der Waals surface area (Å²) in [5.41, 5.74) is 1.44. The van der Waals surface area contributed by atoms with Crippen molar-refractivity contribution in [1.82, 2.24) is 14.9 Å². The zero-order chi connectivity index (χ0) is 16.4. The minimum absolute atomic E-state index is 0.0778. The molecule has 0 bridgehead atoms. The second-order valence-electron chi connectivity index (χ2n) is 4.74. The van der Waals surface area contributed by atoms with Gasteiger partial charge in [-0.3, -0.25) is 10.1 Å². The maximum atomic E-state index is 11.0. The van der Waals surface area contributed by atoms with Crippen LogP contribution in [0.3, 0.4) is 0 Å². The van der Waals surface area contributed by atoms with Crippen molar-refractivity contribution >= 4 is 17.4 Å². The van der Waals surface area contributed by atoms with E-state index in [1.54, 1.807) is 30.5 Å². The fourth-order valence-corrected chi connectivity index (χ4v) is 2.98. The van der Waals surface area contributed by atoms with Gasteiger partial charge in [-0.25, -0.2) is 4.68 Å². The lowest BCUT2D eigenvalue weighted by molar-refractivity contribution is -0.385. The van der Waals surface area contributed by atoms with Gasteiger partial charge in [-0.2, -0.15) is 0 Å². The third-order valence-electron chi connectivity index (χ3n) is 3.31. The predicted molar refractivity (Wildman–Crippen MR) is 85.3 cm³/mol. The van der Waals surface area contributed by atoms with Crippen LogP contribution in [0.2, 0.25) is 0 Å². The van der Waals surface area contributed by atoms with E-state index in [2.05, 4.69) is 10.2 Å². The van der Waals surface area contributed by atoms with Crippen molar-refractivity contribution in [2.75, 3.05) is 5.84 Å². The van der Waals surface area contributed by atoms with E-state index in [9.17, 15) is 10.1 Å². The van der Waals surface area contributed by atoms with Crippen molar-refractivity contribution in [1.29, 1.82) is 0 Å². The molecule has 0 spiro atoms. The summed E-state index contributed by atoms with van der Waals surface area (Å²) in [5.74, 6) is 7.57. The average Bonchev–Trinajstić information content (AvgIpc) is 3.11. The largest absolute Gasteiger partial charge is 0.469 e. The Morgan fingerprint density at radius 1 is 1.35 bits per heavy atom. The molecule has 0 saturated carbocycles. The molecule has 3 rings (SSSR count). The molecule has 2 N–H and O–H groups in total. The molecule has 0 aliphatic rings. The third-order valence-corrected chi connectivity index (χ3v) is 4.30. The highest BCUT2D eigenvalue weighted by atomic mass is 32.2. The number of aromatic nitrogens is 3. The highest BCUT2D eigenvalue weighted by Gasteiger charge is 2.17. The number of nitrogens with zero attached hydrogens (tertiary/aromatic N) is 4. The van der Waals surface area contributed by atoms with E-state index < -0.39 is 4.92 Å². The number of benzene rings is 1. The van der Waals surface area contributed by atoms with E-state index in [0.29, 0.717) is 28.1 Å². The van der Waals surface area contributed by atoms with Crippen molar-refractivity contribution in [3.63, 3.8) is 0 Å². The van der Waals surface area contributed by atoms with Gasteiger partial charge in [-0.05, 0) is 13.0 Å². The molecular formula is C14H13N5O3S. The second kappa shape index (κ2) is 6.13. The molecule has 3 aromatic rings. The minimum Gasteiger partial charge on any atom is -0.469 e. The molecule has 0 aliphatic carbocycles. The van der Waals surface area contributed by atoms with Gasteiger partial charge in [0.2, 0.25) is 5.16 Å². The van der Waals surface area contributed by atoms with Gasteiger partial charge in [0.15, 0.2) is 5.82 Å². The molecule has 0 atom stereocenters. The molecule has 0 aliphatic heterocycles. The Balaban J connectivity index is 1.82. The van der Waals surface area contributed by atoms with Gasteiger partial charge in [-0.15, -0.1) is 10.2 Å². The number of furan rings is 1. The molecule has 2 heterocycles. The minimum atomic E-state index is -0.399. The maximum absolute atomic E-state index is 11.0. The summed E-state index contributed by atoms with van der Waals surface area (Å²) in [7, 11) is 0. The zero-order valence-electron chi connectivity index (χ0n) is 12.2. The highest BCUT2D eigenvalue weighted by molar-refractivity contribution is 7.98. The van der Waals surface area contributed by atoms with Gasteiger partial charge in [-0.1, -0.05) is 30.0 Å². The lowest BCUT2D eigenvalue weighted by Gasteiger charge is -2.04.